The second-order valence-corrected chi connectivity index (χ2v) is 8.73. The van der Waals surface area contributed by atoms with Crippen molar-refractivity contribution in [2.45, 2.75) is 12.8 Å². The number of carbonyl (C=O) groups is 1. The molecule has 1 aliphatic carbocycles. The number of anilines is 1. The molecule has 0 saturated heterocycles. The molecule has 35 heavy (non-hydrogen) atoms. The lowest BCUT2D eigenvalue weighted by molar-refractivity contribution is -0.117. The standard InChI is InChI=1S/C26H19N7O2/c34-26(14-1-2-14)30-17-7-16(10-27-11-17)21-8-19-23(12-29-21)32-33-25(19)22-9-18-20(31-22)3-5-28-24(18)15-4-6-35-13-15/h3-14,31H,1-2H2,(H,30,34)(H,32,33). The summed E-state index contributed by atoms with van der Waals surface area (Å²) in [6.45, 7) is 0. The summed E-state index contributed by atoms with van der Waals surface area (Å²) in [6.07, 6.45) is 12.2. The maximum Gasteiger partial charge on any atom is 0.227 e. The molecule has 0 aromatic carbocycles. The van der Waals surface area contributed by atoms with Gasteiger partial charge in [0.1, 0.15) is 5.69 Å². The van der Waals surface area contributed by atoms with Crippen LogP contribution < -0.4 is 5.32 Å². The van der Waals surface area contributed by atoms with Crippen LogP contribution in [0.25, 0.3) is 55.7 Å². The van der Waals surface area contributed by atoms with E-state index in [-0.39, 0.29) is 11.8 Å². The summed E-state index contributed by atoms with van der Waals surface area (Å²) in [6, 6.07) is 9.77. The first-order valence-electron chi connectivity index (χ1n) is 11.3. The zero-order valence-corrected chi connectivity index (χ0v) is 18.4. The van der Waals surface area contributed by atoms with E-state index in [9.17, 15) is 4.79 Å². The van der Waals surface area contributed by atoms with E-state index in [1.807, 2.05) is 24.3 Å². The summed E-state index contributed by atoms with van der Waals surface area (Å²) in [7, 11) is 0. The lowest BCUT2D eigenvalue weighted by Gasteiger charge is -2.06. The summed E-state index contributed by atoms with van der Waals surface area (Å²) < 4.78 is 5.25. The number of hydrogen-bond acceptors (Lipinski definition) is 6. The Balaban J connectivity index is 1.29. The molecule has 9 nitrogen and oxygen atoms in total. The van der Waals surface area contributed by atoms with Gasteiger partial charge in [-0.2, -0.15) is 5.10 Å². The Morgan fingerprint density at radius 2 is 1.89 bits per heavy atom. The van der Waals surface area contributed by atoms with Crippen LogP contribution in [0.5, 0.6) is 0 Å². The van der Waals surface area contributed by atoms with E-state index in [4.69, 9.17) is 4.42 Å². The normalized spacial score (nSPS) is 13.5. The van der Waals surface area contributed by atoms with E-state index in [0.29, 0.717) is 5.69 Å². The third kappa shape index (κ3) is 3.45. The molecule has 1 fully saturated rings. The van der Waals surface area contributed by atoms with Crippen LogP contribution >= 0.6 is 0 Å². The third-order valence-corrected chi connectivity index (χ3v) is 6.29. The fourth-order valence-corrected chi connectivity index (χ4v) is 4.33. The van der Waals surface area contributed by atoms with Gasteiger partial charge in [0.2, 0.25) is 5.91 Å². The number of hydrogen-bond donors (Lipinski definition) is 3. The van der Waals surface area contributed by atoms with Crippen LogP contribution in [0, 0.1) is 5.92 Å². The van der Waals surface area contributed by atoms with Gasteiger partial charge in [0.15, 0.2) is 0 Å². The molecule has 0 radical (unpaired) electrons. The average Bonchev–Trinajstić information content (AvgIpc) is 3.26. The Morgan fingerprint density at radius 1 is 0.971 bits per heavy atom. The fourth-order valence-electron chi connectivity index (χ4n) is 4.33. The highest BCUT2D eigenvalue weighted by atomic mass is 16.3. The molecular weight excluding hydrogens is 442 g/mol. The number of amides is 1. The molecule has 9 heteroatoms. The minimum absolute atomic E-state index is 0.0487. The fraction of sp³-hybridized carbons (Fsp3) is 0.115. The summed E-state index contributed by atoms with van der Waals surface area (Å²) in [5.74, 6) is 0.176. The second kappa shape index (κ2) is 7.63. The Morgan fingerprint density at radius 3 is 2.74 bits per heavy atom. The van der Waals surface area contributed by atoms with Gasteiger partial charge in [-0.1, -0.05) is 0 Å². The van der Waals surface area contributed by atoms with Gasteiger partial charge in [0.25, 0.3) is 0 Å². The summed E-state index contributed by atoms with van der Waals surface area (Å²) in [5.41, 5.74) is 7.42. The number of rotatable bonds is 5. The van der Waals surface area contributed by atoms with Crippen molar-refractivity contribution in [3.63, 3.8) is 0 Å². The van der Waals surface area contributed by atoms with E-state index < -0.39 is 0 Å². The van der Waals surface area contributed by atoms with Crippen molar-refractivity contribution in [2.75, 3.05) is 5.32 Å². The molecule has 1 saturated carbocycles. The minimum atomic E-state index is 0.0487. The maximum atomic E-state index is 12.2. The first-order chi connectivity index (χ1) is 17.2. The molecule has 1 amide bonds. The molecule has 6 aromatic heterocycles. The van der Waals surface area contributed by atoms with E-state index >= 15 is 0 Å². The minimum Gasteiger partial charge on any atom is -0.472 e. The van der Waals surface area contributed by atoms with Crippen LogP contribution in [0.3, 0.4) is 0 Å². The number of nitrogens with one attached hydrogen (secondary N) is 3. The number of carbonyl (C=O) groups excluding carboxylic acids is 1. The Bertz CT molecular complexity index is 1710. The van der Waals surface area contributed by atoms with Crippen molar-refractivity contribution in [2.24, 2.45) is 5.92 Å². The Labute approximate surface area is 198 Å². The molecule has 0 bridgehead atoms. The Hall–Kier alpha value is -4.79. The largest absolute Gasteiger partial charge is 0.472 e. The van der Waals surface area contributed by atoms with Crippen LogP contribution in [0.15, 0.2) is 72.1 Å². The molecule has 0 unspecified atom stereocenters. The number of H-pyrrole nitrogens is 2. The van der Waals surface area contributed by atoms with E-state index in [1.165, 1.54) is 0 Å². The predicted molar refractivity (Wildman–Crippen MR) is 131 cm³/mol. The number of aromatic amines is 2. The highest BCUT2D eigenvalue weighted by molar-refractivity contribution is 6.00. The molecule has 0 spiro atoms. The van der Waals surface area contributed by atoms with Gasteiger partial charge in [-0.3, -0.25) is 24.8 Å². The van der Waals surface area contributed by atoms with Crippen LogP contribution in [0.2, 0.25) is 0 Å². The first-order valence-corrected chi connectivity index (χ1v) is 11.3. The van der Waals surface area contributed by atoms with Crippen molar-refractivity contribution < 1.29 is 9.21 Å². The smallest absolute Gasteiger partial charge is 0.227 e. The van der Waals surface area contributed by atoms with Crippen molar-refractivity contribution >= 4 is 33.4 Å². The summed E-state index contributed by atoms with van der Waals surface area (Å²) in [5, 5.41) is 12.5. The number of aromatic nitrogens is 6. The molecule has 6 heterocycles. The quantitative estimate of drug-likeness (QED) is 0.325. The van der Waals surface area contributed by atoms with Gasteiger partial charge in [0.05, 0.1) is 53.2 Å². The zero-order chi connectivity index (χ0) is 23.4. The molecule has 0 aliphatic heterocycles. The maximum absolute atomic E-state index is 12.2. The summed E-state index contributed by atoms with van der Waals surface area (Å²) in [4.78, 5) is 29.1. The molecular formula is C26H19N7O2. The van der Waals surface area contributed by atoms with Gasteiger partial charge < -0.3 is 14.7 Å². The SMILES string of the molecule is O=C(Nc1cncc(-c2cc3c(-c4cc5c(-c6ccoc6)nccc5[nH]4)n[nH]c3cn2)c1)C1CC1. The third-order valence-electron chi connectivity index (χ3n) is 6.29. The van der Waals surface area contributed by atoms with Crippen LogP contribution in [0.1, 0.15) is 12.8 Å². The predicted octanol–water partition coefficient (Wildman–Crippen LogP) is 5.17. The van der Waals surface area contributed by atoms with Crippen molar-refractivity contribution in [1.82, 2.24) is 30.1 Å². The van der Waals surface area contributed by atoms with Gasteiger partial charge in [-0.25, -0.2) is 0 Å². The van der Waals surface area contributed by atoms with Crippen molar-refractivity contribution in [3.05, 3.63) is 67.6 Å². The van der Waals surface area contributed by atoms with Gasteiger partial charge >= 0.3 is 0 Å². The molecule has 170 valence electrons. The number of furan rings is 1. The van der Waals surface area contributed by atoms with Crippen LogP contribution in [-0.2, 0) is 4.79 Å². The van der Waals surface area contributed by atoms with Gasteiger partial charge in [-0.05, 0) is 43.2 Å². The average molecular weight is 461 g/mol. The first kappa shape index (κ1) is 19.7. The topological polar surface area (TPSA) is 125 Å². The zero-order valence-electron chi connectivity index (χ0n) is 18.4. The number of pyridine rings is 3. The number of nitrogens with zero attached hydrogens (tertiary/aromatic N) is 4. The van der Waals surface area contributed by atoms with Crippen LogP contribution in [0.4, 0.5) is 5.69 Å². The summed E-state index contributed by atoms with van der Waals surface area (Å²) >= 11 is 0. The molecule has 3 N–H and O–H groups in total. The van der Waals surface area contributed by atoms with E-state index in [1.54, 1.807) is 37.3 Å². The monoisotopic (exact) mass is 461 g/mol. The highest BCUT2D eigenvalue weighted by Crippen LogP contribution is 2.34. The van der Waals surface area contributed by atoms with Crippen molar-refractivity contribution in [1.29, 1.82) is 0 Å². The van der Waals surface area contributed by atoms with E-state index in [2.05, 4.69) is 41.5 Å². The van der Waals surface area contributed by atoms with Crippen molar-refractivity contribution in [3.8, 4) is 33.9 Å². The van der Waals surface area contributed by atoms with Gasteiger partial charge in [-0.15, -0.1) is 0 Å². The highest BCUT2D eigenvalue weighted by Gasteiger charge is 2.29. The molecule has 6 aromatic rings. The van der Waals surface area contributed by atoms with Crippen LogP contribution in [-0.4, -0.2) is 36.0 Å². The molecule has 1 aliphatic rings. The van der Waals surface area contributed by atoms with E-state index in [0.717, 1.165) is 68.6 Å². The number of fused-ring (bicyclic) bond motifs is 2. The second-order valence-electron chi connectivity index (χ2n) is 8.73. The van der Waals surface area contributed by atoms with Gasteiger partial charge in [0, 0.05) is 45.7 Å². The molecule has 0 atom stereocenters. The Kier molecular flexibility index (Phi) is 4.28. The lowest BCUT2D eigenvalue weighted by Crippen LogP contribution is -2.13. The lowest BCUT2D eigenvalue weighted by atomic mass is 10.1. The molecule has 7 rings (SSSR count).